The highest BCUT2D eigenvalue weighted by atomic mass is 16.6. The lowest BCUT2D eigenvalue weighted by Crippen LogP contribution is -2.33. The number of nitrogens with zero attached hydrogens (tertiary/aromatic N) is 4. The zero-order valence-corrected chi connectivity index (χ0v) is 12.8. The van der Waals surface area contributed by atoms with E-state index >= 15 is 0 Å². The van der Waals surface area contributed by atoms with Gasteiger partial charge in [0.25, 0.3) is 0 Å². The van der Waals surface area contributed by atoms with Crippen molar-refractivity contribution < 1.29 is 24.9 Å². The Morgan fingerprint density at radius 1 is 1.33 bits per heavy atom. The highest BCUT2D eigenvalue weighted by Gasteiger charge is 2.44. The normalized spacial score (nSPS) is 26.7. The van der Waals surface area contributed by atoms with E-state index in [-0.39, 0.29) is 11.7 Å². The molecule has 0 aromatic carbocycles. The van der Waals surface area contributed by atoms with Crippen LogP contribution in [0.2, 0.25) is 0 Å². The van der Waals surface area contributed by atoms with Crippen molar-refractivity contribution in [2.45, 2.75) is 37.9 Å². The molecule has 1 aliphatic rings. The highest BCUT2D eigenvalue weighted by molar-refractivity contribution is 5.84. The second-order valence-electron chi connectivity index (χ2n) is 5.30. The Kier molecular flexibility index (Phi) is 4.57. The SMILES string of the molecule is CCC(=O)NNc1ncnc2c1ncn2[C@@H]1O[C@H](CO)[C@@H](O)[C@H]1O. The van der Waals surface area contributed by atoms with E-state index in [9.17, 15) is 20.1 Å². The first-order valence-corrected chi connectivity index (χ1v) is 7.41. The van der Waals surface area contributed by atoms with E-state index in [0.717, 1.165) is 0 Å². The summed E-state index contributed by atoms with van der Waals surface area (Å²) in [4.78, 5) is 23.6. The molecular formula is C13H18N6O5. The van der Waals surface area contributed by atoms with Crippen LogP contribution in [0.1, 0.15) is 19.6 Å². The lowest BCUT2D eigenvalue weighted by molar-refractivity contribution is -0.120. The van der Waals surface area contributed by atoms with Crippen LogP contribution >= 0.6 is 0 Å². The molecule has 0 radical (unpaired) electrons. The van der Waals surface area contributed by atoms with Gasteiger partial charge in [-0.3, -0.25) is 20.2 Å². The number of carbonyl (C=O) groups excluding carboxylic acids is 1. The Bertz CT molecular complexity index is 737. The Morgan fingerprint density at radius 3 is 2.79 bits per heavy atom. The van der Waals surface area contributed by atoms with Crippen LogP contribution in [0.5, 0.6) is 0 Å². The van der Waals surface area contributed by atoms with Gasteiger partial charge >= 0.3 is 0 Å². The van der Waals surface area contributed by atoms with Crippen LogP contribution in [0.15, 0.2) is 12.7 Å². The molecule has 3 heterocycles. The fraction of sp³-hybridized carbons (Fsp3) is 0.538. The van der Waals surface area contributed by atoms with Crippen molar-refractivity contribution >= 4 is 22.9 Å². The van der Waals surface area contributed by atoms with E-state index in [1.807, 2.05) is 0 Å². The molecule has 0 bridgehead atoms. The fourth-order valence-electron chi connectivity index (χ4n) is 2.46. The van der Waals surface area contributed by atoms with Gasteiger partial charge in [-0.05, 0) is 0 Å². The number of imidazole rings is 1. The van der Waals surface area contributed by atoms with E-state index < -0.39 is 31.1 Å². The fourth-order valence-corrected chi connectivity index (χ4v) is 2.46. The molecule has 0 aliphatic carbocycles. The van der Waals surface area contributed by atoms with Gasteiger partial charge in [0.2, 0.25) is 5.91 Å². The van der Waals surface area contributed by atoms with E-state index in [4.69, 9.17) is 4.74 Å². The molecule has 0 saturated carbocycles. The van der Waals surface area contributed by atoms with Crippen molar-refractivity contribution in [2.24, 2.45) is 0 Å². The molecule has 24 heavy (non-hydrogen) atoms. The van der Waals surface area contributed by atoms with Gasteiger partial charge in [-0.25, -0.2) is 15.0 Å². The number of rotatable bonds is 5. The summed E-state index contributed by atoms with van der Waals surface area (Å²) in [5.41, 5.74) is 5.83. The van der Waals surface area contributed by atoms with Crippen LogP contribution in [0.25, 0.3) is 11.2 Å². The number of hydrogen-bond acceptors (Lipinski definition) is 9. The molecule has 0 unspecified atom stereocenters. The second-order valence-corrected chi connectivity index (χ2v) is 5.30. The average Bonchev–Trinajstić information content (AvgIpc) is 3.15. The van der Waals surface area contributed by atoms with Gasteiger partial charge in [-0.1, -0.05) is 6.92 Å². The number of ether oxygens (including phenoxy) is 1. The predicted molar refractivity (Wildman–Crippen MR) is 80.4 cm³/mol. The molecule has 11 nitrogen and oxygen atoms in total. The third-order valence-electron chi connectivity index (χ3n) is 3.79. The maximum absolute atomic E-state index is 11.3. The van der Waals surface area contributed by atoms with Crippen molar-refractivity contribution in [1.82, 2.24) is 24.9 Å². The average molecular weight is 338 g/mol. The van der Waals surface area contributed by atoms with Gasteiger partial charge in [0, 0.05) is 6.42 Å². The van der Waals surface area contributed by atoms with Gasteiger partial charge in [-0.15, -0.1) is 0 Å². The number of fused-ring (bicyclic) bond motifs is 1. The summed E-state index contributed by atoms with van der Waals surface area (Å²) in [5.74, 6) is 0.0666. The van der Waals surface area contributed by atoms with Gasteiger partial charge in [-0.2, -0.15) is 0 Å². The predicted octanol–water partition coefficient (Wildman–Crippen LogP) is -1.71. The summed E-state index contributed by atoms with van der Waals surface area (Å²) in [6.45, 7) is 1.29. The summed E-state index contributed by atoms with van der Waals surface area (Å²) < 4.78 is 6.90. The molecule has 0 spiro atoms. The summed E-state index contributed by atoms with van der Waals surface area (Å²) in [6, 6.07) is 0. The third kappa shape index (κ3) is 2.78. The molecule has 1 fully saturated rings. The first-order valence-electron chi connectivity index (χ1n) is 7.41. The molecule has 3 rings (SSSR count). The Morgan fingerprint density at radius 2 is 2.12 bits per heavy atom. The van der Waals surface area contributed by atoms with Gasteiger partial charge in [0.1, 0.15) is 24.6 Å². The zero-order chi connectivity index (χ0) is 17.3. The topological polar surface area (TPSA) is 155 Å². The number of hydrazine groups is 1. The van der Waals surface area contributed by atoms with Crippen molar-refractivity contribution in [3.63, 3.8) is 0 Å². The van der Waals surface area contributed by atoms with Crippen molar-refractivity contribution in [3.8, 4) is 0 Å². The smallest absolute Gasteiger partial charge is 0.238 e. The molecule has 11 heteroatoms. The van der Waals surface area contributed by atoms with Crippen LogP contribution in [-0.2, 0) is 9.53 Å². The molecule has 4 atom stereocenters. The maximum atomic E-state index is 11.3. The van der Waals surface area contributed by atoms with Crippen LogP contribution in [0.3, 0.4) is 0 Å². The molecule has 1 aliphatic heterocycles. The number of nitrogens with one attached hydrogen (secondary N) is 2. The van der Waals surface area contributed by atoms with Gasteiger partial charge < -0.3 is 20.1 Å². The first-order chi connectivity index (χ1) is 11.6. The van der Waals surface area contributed by atoms with Crippen LogP contribution in [0, 0.1) is 0 Å². The van der Waals surface area contributed by atoms with E-state index in [1.165, 1.54) is 17.2 Å². The zero-order valence-electron chi connectivity index (χ0n) is 12.8. The third-order valence-corrected chi connectivity index (χ3v) is 3.79. The molecule has 1 amide bonds. The van der Waals surface area contributed by atoms with Crippen LogP contribution < -0.4 is 10.9 Å². The number of amides is 1. The first kappa shape index (κ1) is 16.5. The standard InChI is InChI=1S/C13H18N6O5/c1-2-7(21)17-18-11-8-12(15-4-14-11)19(5-16-8)13-10(23)9(22)6(3-20)24-13/h4-6,9-10,13,20,22-23H,2-3H2,1H3,(H,17,21)(H,14,15,18)/t6-,9-,10-,13-/m1/s1. The quantitative estimate of drug-likeness (QED) is 0.401. The van der Waals surface area contributed by atoms with Crippen molar-refractivity contribution in [1.29, 1.82) is 0 Å². The van der Waals surface area contributed by atoms with E-state index in [2.05, 4.69) is 25.8 Å². The molecular weight excluding hydrogens is 320 g/mol. The molecule has 2 aromatic heterocycles. The Balaban J connectivity index is 1.90. The number of aromatic nitrogens is 4. The molecule has 1 saturated heterocycles. The van der Waals surface area contributed by atoms with Crippen molar-refractivity contribution in [2.75, 3.05) is 12.0 Å². The highest BCUT2D eigenvalue weighted by Crippen LogP contribution is 2.31. The monoisotopic (exact) mass is 338 g/mol. The number of hydrogen-bond donors (Lipinski definition) is 5. The molecule has 2 aromatic rings. The van der Waals surface area contributed by atoms with Crippen LogP contribution in [-0.4, -0.2) is 65.7 Å². The maximum Gasteiger partial charge on any atom is 0.238 e. The number of aliphatic hydroxyl groups excluding tert-OH is 3. The number of carbonyl (C=O) groups is 1. The summed E-state index contributed by atoms with van der Waals surface area (Å²) >= 11 is 0. The van der Waals surface area contributed by atoms with Gasteiger partial charge in [0.05, 0.1) is 12.9 Å². The minimum absolute atomic E-state index is 0.218. The lowest BCUT2D eigenvalue weighted by Gasteiger charge is -2.16. The summed E-state index contributed by atoms with van der Waals surface area (Å²) in [7, 11) is 0. The van der Waals surface area contributed by atoms with E-state index in [1.54, 1.807) is 6.92 Å². The summed E-state index contributed by atoms with van der Waals surface area (Å²) in [5, 5.41) is 29.2. The number of anilines is 1. The van der Waals surface area contributed by atoms with Crippen LogP contribution in [0.4, 0.5) is 5.82 Å². The lowest BCUT2D eigenvalue weighted by atomic mass is 10.1. The minimum Gasteiger partial charge on any atom is -0.394 e. The largest absolute Gasteiger partial charge is 0.394 e. The number of aliphatic hydroxyl groups is 3. The Labute approximate surface area is 136 Å². The molecule has 5 N–H and O–H groups in total. The summed E-state index contributed by atoms with van der Waals surface area (Å²) in [6.07, 6.45) is -1.36. The molecule has 130 valence electrons. The van der Waals surface area contributed by atoms with Gasteiger partial charge in [0.15, 0.2) is 23.2 Å². The second kappa shape index (κ2) is 6.65. The minimum atomic E-state index is -1.24. The van der Waals surface area contributed by atoms with Crippen molar-refractivity contribution in [3.05, 3.63) is 12.7 Å². The Hall–Kier alpha value is -2.34. The van der Waals surface area contributed by atoms with E-state index in [0.29, 0.717) is 17.6 Å².